The summed E-state index contributed by atoms with van der Waals surface area (Å²) in [5.41, 5.74) is 1.28. The first-order valence-electron chi connectivity index (χ1n) is 6.74. The van der Waals surface area contributed by atoms with Crippen LogP contribution in [0.3, 0.4) is 0 Å². The fourth-order valence-corrected chi connectivity index (χ4v) is 2.11. The van der Waals surface area contributed by atoms with Gasteiger partial charge in [-0.3, -0.25) is 0 Å². The van der Waals surface area contributed by atoms with Gasteiger partial charge in [0.2, 0.25) is 0 Å². The SMILES string of the molecule is Cc1oc(COC2CCC2)cc1CNC1CC1. The Hall–Kier alpha value is -0.800. The normalized spacial score (nSPS) is 20.5. The molecule has 3 heteroatoms. The van der Waals surface area contributed by atoms with Gasteiger partial charge < -0.3 is 14.5 Å². The molecule has 0 atom stereocenters. The van der Waals surface area contributed by atoms with E-state index in [2.05, 4.69) is 11.4 Å². The van der Waals surface area contributed by atoms with Crippen molar-refractivity contribution in [3.05, 3.63) is 23.2 Å². The molecule has 1 aromatic rings. The number of nitrogens with one attached hydrogen (secondary N) is 1. The number of hydrogen-bond acceptors (Lipinski definition) is 3. The van der Waals surface area contributed by atoms with E-state index in [-0.39, 0.29) is 0 Å². The first-order chi connectivity index (χ1) is 8.31. The smallest absolute Gasteiger partial charge is 0.130 e. The van der Waals surface area contributed by atoms with E-state index in [1.54, 1.807) is 0 Å². The predicted octanol–water partition coefficient (Wildman–Crippen LogP) is 2.91. The second kappa shape index (κ2) is 4.83. The maximum Gasteiger partial charge on any atom is 0.130 e. The standard InChI is InChI=1S/C14H21NO2/c1-10-11(8-15-12-5-6-12)7-14(17-10)9-16-13-3-2-4-13/h7,12-13,15H,2-6,8-9H2,1H3. The zero-order chi connectivity index (χ0) is 11.7. The van der Waals surface area contributed by atoms with Crippen LogP contribution < -0.4 is 5.32 Å². The first kappa shape index (κ1) is 11.3. The Balaban J connectivity index is 1.50. The minimum atomic E-state index is 0.480. The van der Waals surface area contributed by atoms with Gasteiger partial charge in [0.1, 0.15) is 18.1 Å². The monoisotopic (exact) mass is 235 g/mol. The Morgan fingerprint density at radius 3 is 2.82 bits per heavy atom. The highest BCUT2D eigenvalue weighted by atomic mass is 16.5. The van der Waals surface area contributed by atoms with Crippen LogP contribution in [-0.4, -0.2) is 12.1 Å². The van der Waals surface area contributed by atoms with Crippen molar-refractivity contribution in [1.82, 2.24) is 5.32 Å². The van der Waals surface area contributed by atoms with Gasteiger partial charge in [-0.1, -0.05) is 0 Å². The molecule has 2 saturated carbocycles. The Kier molecular flexibility index (Phi) is 3.21. The van der Waals surface area contributed by atoms with Crippen molar-refractivity contribution in [2.24, 2.45) is 0 Å². The molecule has 17 heavy (non-hydrogen) atoms. The first-order valence-corrected chi connectivity index (χ1v) is 6.74. The van der Waals surface area contributed by atoms with Gasteiger partial charge in [-0.15, -0.1) is 0 Å². The molecular weight excluding hydrogens is 214 g/mol. The van der Waals surface area contributed by atoms with Gasteiger partial charge in [0.15, 0.2) is 0 Å². The molecule has 3 nitrogen and oxygen atoms in total. The number of ether oxygens (including phenoxy) is 1. The molecule has 2 fully saturated rings. The highest BCUT2D eigenvalue weighted by Crippen LogP contribution is 2.25. The highest BCUT2D eigenvalue weighted by Gasteiger charge is 2.21. The average Bonchev–Trinajstić information content (AvgIpc) is 2.99. The molecule has 0 bridgehead atoms. The largest absolute Gasteiger partial charge is 0.464 e. The molecule has 0 aliphatic heterocycles. The van der Waals surface area contributed by atoms with E-state index < -0.39 is 0 Å². The summed E-state index contributed by atoms with van der Waals surface area (Å²) >= 11 is 0. The molecule has 0 spiro atoms. The van der Waals surface area contributed by atoms with Gasteiger partial charge in [0.05, 0.1) is 6.10 Å². The van der Waals surface area contributed by atoms with Gasteiger partial charge in [-0.2, -0.15) is 0 Å². The molecule has 0 radical (unpaired) electrons. The van der Waals surface area contributed by atoms with Crippen LogP contribution in [0.1, 0.15) is 49.2 Å². The molecule has 0 aromatic carbocycles. The summed E-state index contributed by atoms with van der Waals surface area (Å²) in [5.74, 6) is 2.01. The third kappa shape index (κ3) is 2.90. The van der Waals surface area contributed by atoms with Gasteiger partial charge in [-0.25, -0.2) is 0 Å². The van der Waals surface area contributed by atoms with E-state index in [1.165, 1.54) is 37.7 Å². The Morgan fingerprint density at radius 1 is 1.35 bits per heavy atom. The van der Waals surface area contributed by atoms with Crippen LogP contribution in [-0.2, 0) is 17.9 Å². The van der Waals surface area contributed by atoms with Crippen molar-refractivity contribution in [3.63, 3.8) is 0 Å². The molecule has 1 N–H and O–H groups in total. The Bertz CT molecular complexity index is 378. The number of rotatable bonds is 6. The molecule has 3 rings (SSSR count). The molecule has 94 valence electrons. The van der Waals surface area contributed by atoms with E-state index in [0.29, 0.717) is 12.7 Å². The van der Waals surface area contributed by atoms with Crippen LogP contribution in [0, 0.1) is 6.92 Å². The van der Waals surface area contributed by atoms with E-state index in [9.17, 15) is 0 Å². The van der Waals surface area contributed by atoms with Crippen molar-refractivity contribution >= 4 is 0 Å². The summed E-state index contributed by atoms with van der Waals surface area (Å²) in [7, 11) is 0. The number of hydrogen-bond donors (Lipinski definition) is 1. The summed E-state index contributed by atoms with van der Waals surface area (Å²) in [5, 5.41) is 3.51. The quantitative estimate of drug-likeness (QED) is 0.823. The highest BCUT2D eigenvalue weighted by molar-refractivity contribution is 5.20. The zero-order valence-corrected chi connectivity index (χ0v) is 10.5. The van der Waals surface area contributed by atoms with Crippen LogP contribution in [0.5, 0.6) is 0 Å². The lowest BCUT2D eigenvalue weighted by Crippen LogP contribution is -2.21. The number of furan rings is 1. The molecule has 2 aliphatic rings. The summed E-state index contributed by atoms with van der Waals surface area (Å²) in [6.45, 7) is 3.61. The van der Waals surface area contributed by atoms with Crippen molar-refractivity contribution < 1.29 is 9.15 Å². The van der Waals surface area contributed by atoms with Crippen LogP contribution in [0.25, 0.3) is 0 Å². The summed E-state index contributed by atoms with van der Waals surface area (Å²) in [6.07, 6.45) is 6.89. The van der Waals surface area contributed by atoms with Crippen molar-refractivity contribution in [1.29, 1.82) is 0 Å². The maximum absolute atomic E-state index is 5.76. The van der Waals surface area contributed by atoms with Gasteiger partial charge in [0, 0.05) is 18.2 Å². The molecule has 1 aromatic heterocycles. The van der Waals surface area contributed by atoms with Crippen molar-refractivity contribution in [2.75, 3.05) is 0 Å². The van der Waals surface area contributed by atoms with Crippen molar-refractivity contribution in [3.8, 4) is 0 Å². The zero-order valence-electron chi connectivity index (χ0n) is 10.5. The predicted molar refractivity (Wildman–Crippen MR) is 65.7 cm³/mol. The lowest BCUT2D eigenvalue weighted by atomic mass is 9.96. The van der Waals surface area contributed by atoms with Crippen LogP contribution >= 0.6 is 0 Å². The van der Waals surface area contributed by atoms with Crippen LogP contribution in [0.4, 0.5) is 0 Å². The van der Waals surface area contributed by atoms with Crippen LogP contribution in [0.2, 0.25) is 0 Å². The lowest BCUT2D eigenvalue weighted by Gasteiger charge is -2.24. The Morgan fingerprint density at radius 2 is 2.18 bits per heavy atom. The summed E-state index contributed by atoms with van der Waals surface area (Å²) in [6, 6.07) is 2.89. The molecule has 1 heterocycles. The molecule has 0 amide bonds. The third-order valence-corrected chi connectivity index (χ3v) is 3.74. The summed E-state index contributed by atoms with van der Waals surface area (Å²) < 4.78 is 11.5. The van der Waals surface area contributed by atoms with E-state index in [0.717, 1.165) is 24.1 Å². The van der Waals surface area contributed by atoms with E-state index in [1.807, 2.05) is 6.92 Å². The topological polar surface area (TPSA) is 34.4 Å². The molecule has 0 saturated heterocycles. The second-order valence-corrected chi connectivity index (χ2v) is 5.31. The third-order valence-electron chi connectivity index (χ3n) is 3.74. The second-order valence-electron chi connectivity index (χ2n) is 5.31. The minimum Gasteiger partial charge on any atom is -0.464 e. The van der Waals surface area contributed by atoms with Gasteiger partial charge in [0.25, 0.3) is 0 Å². The minimum absolute atomic E-state index is 0.480. The van der Waals surface area contributed by atoms with Gasteiger partial charge in [-0.05, 0) is 45.1 Å². The fraction of sp³-hybridized carbons (Fsp3) is 0.714. The van der Waals surface area contributed by atoms with E-state index >= 15 is 0 Å². The van der Waals surface area contributed by atoms with Gasteiger partial charge >= 0.3 is 0 Å². The molecule has 0 unspecified atom stereocenters. The van der Waals surface area contributed by atoms with Crippen LogP contribution in [0.15, 0.2) is 10.5 Å². The number of aryl methyl sites for hydroxylation is 1. The maximum atomic E-state index is 5.76. The molecular formula is C14H21NO2. The van der Waals surface area contributed by atoms with E-state index in [4.69, 9.17) is 9.15 Å². The lowest BCUT2D eigenvalue weighted by molar-refractivity contribution is -0.0159. The fourth-order valence-electron chi connectivity index (χ4n) is 2.11. The average molecular weight is 235 g/mol. The Labute approximate surface area is 103 Å². The van der Waals surface area contributed by atoms with Crippen molar-refractivity contribution in [2.45, 2.75) is 64.3 Å². The summed E-state index contributed by atoms with van der Waals surface area (Å²) in [4.78, 5) is 0. The molecule has 2 aliphatic carbocycles.